The molecule has 0 radical (unpaired) electrons. The lowest BCUT2D eigenvalue weighted by Gasteiger charge is -2.14. The molecule has 21 heavy (non-hydrogen) atoms. The van der Waals surface area contributed by atoms with Crippen molar-refractivity contribution in [1.29, 1.82) is 0 Å². The number of amides is 2. The number of hydrogen-bond acceptors (Lipinski definition) is 3. The van der Waals surface area contributed by atoms with Gasteiger partial charge in [-0.15, -0.1) is 0 Å². The Morgan fingerprint density at radius 3 is 2.48 bits per heavy atom. The van der Waals surface area contributed by atoms with Gasteiger partial charge in [0.1, 0.15) is 5.82 Å². The second-order valence-electron chi connectivity index (χ2n) is 5.37. The number of carbonyl (C=O) groups excluding carboxylic acids is 2. The van der Waals surface area contributed by atoms with Crippen molar-refractivity contribution in [3.63, 3.8) is 0 Å². The second kappa shape index (κ2) is 7.73. The molecule has 2 atom stereocenters. The van der Waals surface area contributed by atoms with Crippen LogP contribution < -0.4 is 10.6 Å². The average Bonchev–Trinajstić information content (AvgIpc) is 2.33. The van der Waals surface area contributed by atoms with Crippen molar-refractivity contribution in [2.75, 3.05) is 11.9 Å². The second-order valence-corrected chi connectivity index (χ2v) is 5.37. The Hall–Kier alpha value is -1.95. The van der Waals surface area contributed by atoms with E-state index in [0.29, 0.717) is 18.5 Å². The number of aliphatic hydroxyl groups is 1. The summed E-state index contributed by atoms with van der Waals surface area (Å²) in [5.74, 6) is -2.05. The Bertz CT molecular complexity index is 497. The van der Waals surface area contributed by atoms with Gasteiger partial charge < -0.3 is 15.7 Å². The number of aryl methyl sites for hydroxylation is 1. The molecular formula is C15H21FN2O3. The Kier molecular flexibility index (Phi) is 6.30. The van der Waals surface area contributed by atoms with E-state index in [9.17, 15) is 19.1 Å². The summed E-state index contributed by atoms with van der Waals surface area (Å²) in [5.41, 5.74) is 0.890. The van der Waals surface area contributed by atoms with E-state index in [1.807, 2.05) is 6.92 Å². The standard InChI is InChI=1S/C15H21FN2O3/c1-9-5-12(16)7-13(6-9)18-15(21)14(20)17-8-10(2)4-11(3)19/h5-7,10-11,19H,4,8H2,1-3H3,(H,17,20)(H,18,21). The van der Waals surface area contributed by atoms with E-state index in [1.54, 1.807) is 19.9 Å². The van der Waals surface area contributed by atoms with E-state index in [2.05, 4.69) is 10.6 Å². The van der Waals surface area contributed by atoms with Gasteiger partial charge in [-0.1, -0.05) is 6.92 Å². The minimum Gasteiger partial charge on any atom is -0.393 e. The Balaban J connectivity index is 2.49. The van der Waals surface area contributed by atoms with E-state index < -0.39 is 23.7 Å². The number of halogens is 1. The molecule has 3 N–H and O–H groups in total. The summed E-state index contributed by atoms with van der Waals surface area (Å²) in [5, 5.41) is 14.0. The SMILES string of the molecule is Cc1cc(F)cc(NC(=O)C(=O)NCC(C)CC(C)O)c1. The summed E-state index contributed by atoms with van der Waals surface area (Å²) in [6.07, 6.45) is 0.0753. The number of rotatable bonds is 5. The molecule has 1 aromatic carbocycles. The fourth-order valence-electron chi connectivity index (χ4n) is 2.01. The monoisotopic (exact) mass is 296 g/mol. The minimum absolute atomic E-state index is 0.0539. The van der Waals surface area contributed by atoms with Crippen LogP contribution in [0.15, 0.2) is 18.2 Å². The van der Waals surface area contributed by atoms with Crippen LogP contribution in [0.5, 0.6) is 0 Å². The van der Waals surface area contributed by atoms with Gasteiger partial charge in [0.25, 0.3) is 0 Å². The molecule has 0 fully saturated rings. The van der Waals surface area contributed by atoms with Crippen molar-refractivity contribution in [3.8, 4) is 0 Å². The lowest BCUT2D eigenvalue weighted by molar-refractivity contribution is -0.136. The molecule has 0 spiro atoms. The third-order valence-electron chi connectivity index (χ3n) is 2.86. The molecule has 6 heteroatoms. The first-order valence-electron chi connectivity index (χ1n) is 6.82. The highest BCUT2D eigenvalue weighted by Gasteiger charge is 2.15. The maximum Gasteiger partial charge on any atom is 0.313 e. The molecule has 1 rings (SSSR count). The number of aliphatic hydroxyl groups excluding tert-OH is 1. The van der Waals surface area contributed by atoms with Crippen molar-refractivity contribution in [1.82, 2.24) is 5.32 Å². The summed E-state index contributed by atoms with van der Waals surface area (Å²) in [6.45, 7) is 5.51. The molecule has 0 bridgehead atoms. The van der Waals surface area contributed by atoms with Crippen LogP contribution in [0.2, 0.25) is 0 Å². The molecular weight excluding hydrogens is 275 g/mol. The zero-order valence-electron chi connectivity index (χ0n) is 12.4. The average molecular weight is 296 g/mol. The van der Waals surface area contributed by atoms with Gasteiger partial charge in [-0.2, -0.15) is 0 Å². The van der Waals surface area contributed by atoms with Crippen LogP contribution >= 0.6 is 0 Å². The highest BCUT2D eigenvalue weighted by Crippen LogP contribution is 2.13. The van der Waals surface area contributed by atoms with Crippen LogP contribution in [0.1, 0.15) is 25.8 Å². The summed E-state index contributed by atoms with van der Waals surface area (Å²) >= 11 is 0. The molecule has 0 saturated carbocycles. The zero-order chi connectivity index (χ0) is 16.0. The van der Waals surface area contributed by atoms with E-state index in [0.717, 1.165) is 6.07 Å². The number of anilines is 1. The predicted molar refractivity (Wildman–Crippen MR) is 78.2 cm³/mol. The van der Waals surface area contributed by atoms with Crippen LogP contribution in [0.3, 0.4) is 0 Å². The molecule has 0 aliphatic heterocycles. The molecule has 0 aliphatic rings. The third-order valence-corrected chi connectivity index (χ3v) is 2.86. The zero-order valence-corrected chi connectivity index (χ0v) is 12.4. The van der Waals surface area contributed by atoms with Crippen LogP contribution in [0, 0.1) is 18.7 Å². The van der Waals surface area contributed by atoms with Crippen LogP contribution in [-0.2, 0) is 9.59 Å². The molecule has 2 unspecified atom stereocenters. The van der Waals surface area contributed by atoms with Crippen molar-refractivity contribution >= 4 is 17.5 Å². The summed E-state index contributed by atoms with van der Waals surface area (Å²) in [4.78, 5) is 23.3. The van der Waals surface area contributed by atoms with E-state index in [-0.39, 0.29) is 11.6 Å². The Morgan fingerprint density at radius 1 is 1.24 bits per heavy atom. The smallest absolute Gasteiger partial charge is 0.313 e. The molecule has 0 aliphatic carbocycles. The Labute approximate surface area is 123 Å². The van der Waals surface area contributed by atoms with Gasteiger partial charge in [0.15, 0.2) is 0 Å². The largest absolute Gasteiger partial charge is 0.393 e. The summed E-state index contributed by atoms with van der Waals surface area (Å²) in [7, 11) is 0. The lowest BCUT2D eigenvalue weighted by Crippen LogP contribution is -2.38. The fraction of sp³-hybridized carbons (Fsp3) is 0.467. The van der Waals surface area contributed by atoms with Crippen molar-refractivity contribution < 1.29 is 19.1 Å². The molecule has 0 saturated heterocycles. The first-order chi connectivity index (χ1) is 9.77. The van der Waals surface area contributed by atoms with Gasteiger partial charge in [-0.05, 0) is 49.9 Å². The highest BCUT2D eigenvalue weighted by atomic mass is 19.1. The third kappa shape index (κ3) is 6.35. The van der Waals surface area contributed by atoms with Crippen LogP contribution in [-0.4, -0.2) is 29.6 Å². The van der Waals surface area contributed by atoms with Gasteiger partial charge in [0.2, 0.25) is 0 Å². The number of hydrogen-bond donors (Lipinski definition) is 3. The number of nitrogens with one attached hydrogen (secondary N) is 2. The van der Waals surface area contributed by atoms with Crippen LogP contribution in [0.4, 0.5) is 10.1 Å². The Morgan fingerprint density at radius 2 is 1.90 bits per heavy atom. The topological polar surface area (TPSA) is 78.4 Å². The first kappa shape index (κ1) is 17.1. The van der Waals surface area contributed by atoms with Gasteiger partial charge >= 0.3 is 11.8 Å². The van der Waals surface area contributed by atoms with Gasteiger partial charge in [0.05, 0.1) is 6.10 Å². The lowest BCUT2D eigenvalue weighted by atomic mass is 10.0. The molecule has 2 amide bonds. The van der Waals surface area contributed by atoms with Gasteiger partial charge in [-0.3, -0.25) is 9.59 Å². The van der Waals surface area contributed by atoms with Crippen molar-refractivity contribution in [2.45, 2.75) is 33.3 Å². The number of carbonyl (C=O) groups is 2. The fourth-order valence-corrected chi connectivity index (χ4v) is 2.01. The van der Waals surface area contributed by atoms with E-state index >= 15 is 0 Å². The maximum atomic E-state index is 13.2. The highest BCUT2D eigenvalue weighted by molar-refractivity contribution is 6.39. The molecule has 0 aromatic heterocycles. The number of benzene rings is 1. The molecule has 1 aromatic rings. The maximum absolute atomic E-state index is 13.2. The van der Waals surface area contributed by atoms with Crippen molar-refractivity contribution in [3.05, 3.63) is 29.6 Å². The normalized spacial score (nSPS) is 13.4. The minimum atomic E-state index is -0.843. The van der Waals surface area contributed by atoms with Crippen LogP contribution in [0.25, 0.3) is 0 Å². The molecule has 0 heterocycles. The summed E-state index contributed by atoms with van der Waals surface area (Å²) < 4.78 is 13.2. The molecule has 5 nitrogen and oxygen atoms in total. The quantitative estimate of drug-likeness (QED) is 0.722. The van der Waals surface area contributed by atoms with Gasteiger partial charge in [0, 0.05) is 12.2 Å². The predicted octanol–water partition coefficient (Wildman–Crippen LogP) is 1.60. The van der Waals surface area contributed by atoms with Gasteiger partial charge in [-0.25, -0.2) is 4.39 Å². The van der Waals surface area contributed by atoms with E-state index in [4.69, 9.17) is 0 Å². The summed E-state index contributed by atoms with van der Waals surface area (Å²) in [6, 6.07) is 4.05. The first-order valence-corrected chi connectivity index (χ1v) is 6.82. The molecule has 116 valence electrons. The van der Waals surface area contributed by atoms with E-state index in [1.165, 1.54) is 6.07 Å². The van der Waals surface area contributed by atoms with Crippen molar-refractivity contribution in [2.24, 2.45) is 5.92 Å².